The monoisotopic (exact) mass is 397 g/mol. The van der Waals surface area contributed by atoms with Crippen molar-refractivity contribution in [2.45, 2.75) is 19.2 Å². The summed E-state index contributed by atoms with van der Waals surface area (Å²) >= 11 is 0. The summed E-state index contributed by atoms with van der Waals surface area (Å²) in [5.74, 6) is -2.76. The topological polar surface area (TPSA) is 72.5 Å². The zero-order valence-electron chi connectivity index (χ0n) is 14.5. The fourth-order valence-corrected chi connectivity index (χ4v) is 2.21. The summed E-state index contributed by atoms with van der Waals surface area (Å²) < 4.78 is 55.3. The van der Waals surface area contributed by atoms with Gasteiger partial charge in [0.15, 0.2) is 6.10 Å². The van der Waals surface area contributed by atoms with Gasteiger partial charge < -0.3 is 10.1 Å². The molecule has 0 aliphatic heterocycles. The van der Waals surface area contributed by atoms with Crippen molar-refractivity contribution < 1.29 is 36.7 Å². The molecule has 1 atom stereocenters. The van der Waals surface area contributed by atoms with Crippen molar-refractivity contribution in [3.63, 3.8) is 0 Å². The van der Waals surface area contributed by atoms with Gasteiger partial charge >= 0.3 is 12.1 Å². The van der Waals surface area contributed by atoms with Gasteiger partial charge in [-0.3, -0.25) is 14.4 Å². The highest BCUT2D eigenvalue weighted by atomic mass is 19.4. The van der Waals surface area contributed by atoms with Gasteiger partial charge in [0.1, 0.15) is 12.4 Å². The third-order valence-electron chi connectivity index (χ3n) is 3.67. The molecule has 5 nitrogen and oxygen atoms in total. The predicted octanol–water partition coefficient (Wildman–Crippen LogP) is 3.39. The Balaban J connectivity index is 1.86. The zero-order chi connectivity index (χ0) is 20.9. The number of hydrogen-bond donors (Lipinski definition) is 1. The van der Waals surface area contributed by atoms with Crippen molar-refractivity contribution in [1.82, 2.24) is 5.32 Å². The Bertz CT molecular complexity index is 861. The Morgan fingerprint density at radius 2 is 1.50 bits per heavy atom. The van der Waals surface area contributed by atoms with E-state index in [0.717, 1.165) is 36.4 Å². The highest BCUT2D eigenvalue weighted by Gasteiger charge is 2.30. The van der Waals surface area contributed by atoms with E-state index in [1.807, 2.05) is 0 Å². The van der Waals surface area contributed by atoms with Crippen LogP contribution in [0.3, 0.4) is 0 Å². The molecular weight excluding hydrogens is 382 g/mol. The summed E-state index contributed by atoms with van der Waals surface area (Å²) in [4.78, 5) is 35.7. The molecule has 28 heavy (non-hydrogen) atoms. The van der Waals surface area contributed by atoms with Crippen LogP contribution in [0.4, 0.5) is 17.6 Å². The van der Waals surface area contributed by atoms with Crippen LogP contribution in [0.2, 0.25) is 0 Å². The van der Waals surface area contributed by atoms with Gasteiger partial charge in [-0.05, 0) is 55.5 Å². The van der Waals surface area contributed by atoms with Crippen molar-refractivity contribution in [1.29, 1.82) is 0 Å². The number of carbonyl (C=O) groups excluding carboxylic acids is 3. The van der Waals surface area contributed by atoms with E-state index in [4.69, 9.17) is 4.74 Å². The number of benzene rings is 2. The minimum atomic E-state index is -4.52. The summed E-state index contributed by atoms with van der Waals surface area (Å²) in [5.41, 5.74) is -0.830. The first kappa shape index (κ1) is 21.1. The number of Topliss-reactive ketones (excluding diaryl/α,β-unsaturated/α-hetero) is 1. The van der Waals surface area contributed by atoms with Crippen LogP contribution in [0, 0.1) is 5.82 Å². The smallest absolute Gasteiger partial charge is 0.416 e. The van der Waals surface area contributed by atoms with Gasteiger partial charge in [-0.2, -0.15) is 13.2 Å². The lowest BCUT2D eigenvalue weighted by Crippen LogP contribution is -2.34. The Morgan fingerprint density at radius 1 is 0.964 bits per heavy atom. The number of halogens is 4. The van der Waals surface area contributed by atoms with E-state index in [1.165, 1.54) is 19.1 Å². The van der Waals surface area contributed by atoms with Gasteiger partial charge in [0.2, 0.25) is 5.78 Å². The fraction of sp³-hybridized carbons (Fsp3) is 0.211. The lowest BCUT2D eigenvalue weighted by molar-refractivity contribution is -0.145. The van der Waals surface area contributed by atoms with Gasteiger partial charge in [0.05, 0.1) is 5.56 Å². The number of ether oxygens (including phenoxy) is 1. The summed E-state index contributed by atoms with van der Waals surface area (Å²) in [6.45, 7) is 0.738. The molecule has 2 aromatic carbocycles. The van der Waals surface area contributed by atoms with Gasteiger partial charge in [-0.15, -0.1) is 0 Å². The molecular formula is C19H15F4NO4. The standard InChI is InChI=1S/C19H15F4NO4/c1-11(17(26)12-4-8-15(20)9-5-12)28-16(25)10-24-18(27)13-2-6-14(7-3-13)19(21,22)23/h2-9,11H,10H2,1H3,(H,24,27)/t11-/m1/s1. The predicted molar refractivity (Wildman–Crippen MR) is 90.1 cm³/mol. The zero-order valence-corrected chi connectivity index (χ0v) is 14.5. The first-order chi connectivity index (χ1) is 13.1. The van der Waals surface area contributed by atoms with Crippen LogP contribution < -0.4 is 5.32 Å². The number of carbonyl (C=O) groups is 3. The molecule has 2 aromatic rings. The van der Waals surface area contributed by atoms with Crippen molar-refractivity contribution in [3.8, 4) is 0 Å². The maximum atomic E-state index is 12.9. The maximum Gasteiger partial charge on any atom is 0.416 e. The van der Waals surface area contributed by atoms with Crippen molar-refractivity contribution in [2.24, 2.45) is 0 Å². The normalized spacial score (nSPS) is 12.2. The summed E-state index contributed by atoms with van der Waals surface area (Å²) in [6.07, 6.45) is -5.69. The molecule has 0 bridgehead atoms. The SMILES string of the molecule is C[C@@H](OC(=O)CNC(=O)c1ccc(C(F)(F)F)cc1)C(=O)c1ccc(F)cc1. The van der Waals surface area contributed by atoms with Gasteiger partial charge in [0.25, 0.3) is 5.91 Å². The Morgan fingerprint density at radius 3 is 2.04 bits per heavy atom. The van der Waals surface area contributed by atoms with E-state index >= 15 is 0 Å². The molecule has 0 saturated heterocycles. The van der Waals surface area contributed by atoms with E-state index in [9.17, 15) is 31.9 Å². The molecule has 0 aromatic heterocycles. The molecule has 0 heterocycles. The Hall–Kier alpha value is -3.23. The van der Waals surface area contributed by atoms with Crippen molar-refractivity contribution >= 4 is 17.7 Å². The molecule has 148 valence electrons. The largest absolute Gasteiger partial charge is 0.453 e. The van der Waals surface area contributed by atoms with E-state index in [2.05, 4.69) is 5.32 Å². The second kappa shape index (κ2) is 8.64. The second-order valence-electron chi connectivity index (χ2n) is 5.76. The molecule has 0 saturated carbocycles. The molecule has 1 amide bonds. The van der Waals surface area contributed by atoms with E-state index in [0.29, 0.717) is 0 Å². The number of alkyl halides is 3. The van der Waals surface area contributed by atoms with E-state index in [1.54, 1.807) is 0 Å². The van der Waals surface area contributed by atoms with Crippen LogP contribution in [0.5, 0.6) is 0 Å². The van der Waals surface area contributed by atoms with Gasteiger partial charge in [0, 0.05) is 11.1 Å². The number of rotatable bonds is 6. The molecule has 0 radical (unpaired) electrons. The van der Waals surface area contributed by atoms with Crippen LogP contribution >= 0.6 is 0 Å². The molecule has 9 heteroatoms. The van der Waals surface area contributed by atoms with Crippen LogP contribution in [0.25, 0.3) is 0 Å². The summed E-state index contributed by atoms with van der Waals surface area (Å²) in [5, 5.41) is 2.19. The highest BCUT2D eigenvalue weighted by molar-refractivity contribution is 6.00. The first-order valence-corrected chi connectivity index (χ1v) is 8.02. The summed E-state index contributed by atoms with van der Waals surface area (Å²) in [6, 6.07) is 8.11. The molecule has 0 spiro atoms. The van der Waals surface area contributed by atoms with Crippen LogP contribution in [-0.4, -0.2) is 30.3 Å². The Kier molecular flexibility index (Phi) is 6.50. The number of amides is 1. The maximum absolute atomic E-state index is 12.9. The molecule has 0 aliphatic rings. The minimum Gasteiger partial charge on any atom is -0.453 e. The van der Waals surface area contributed by atoms with Gasteiger partial charge in [-0.1, -0.05) is 0 Å². The van der Waals surface area contributed by atoms with E-state index < -0.39 is 47.9 Å². The lowest BCUT2D eigenvalue weighted by Gasteiger charge is -2.13. The number of hydrogen-bond acceptors (Lipinski definition) is 4. The van der Waals surface area contributed by atoms with E-state index in [-0.39, 0.29) is 11.1 Å². The van der Waals surface area contributed by atoms with Gasteiger partial charge in [-0.25, -0.2) is 4.39 Å². The number of ketones is 1. The summed E-state index contributed by atoms with van der Waals surface area (Å²) in [7, 11) is 0. The number of esters is 1. The first-order valence-electron chi connectivity index (χ1n) is 8.02. The van der Waals surface area contributed by atoms with Crippen LogP contribution in [0.15, 0.2) is 48.5 Å². The minimum absolute atomic E-state index is 0.0729. The van der Waals surface area contributed by atoms with Crippen molar-refractivity contribution in [3.05, 3.63) is 71.0 Å². The van der Waals surface area contributed by atoms with Crippen LogP contribution in [0.1, 0.15) is 33.2 Å². The average Bonchev–Trinajstić information content (AvgIpc) is 2.65. The average molecular weight is 397 g/mol. The number of nitrogens with one attached hydrogen (secondary N) is 1. The molecule has 0 fully saturated rings. The molecule has 0 aliphatic carbocycles. The lowest BCUT2D eigenvalue weighted by atomic mass is 10.1. The molecule has 2 rings (SSSR count). The third-order valence-corrected chi connectivity index (χ3v) is 3.67. The molecule has 0 unspecified atom stereocenters. The highest BCUT2D eigenvalue weighted by Crippen LogP contribution is 2.29. The second-order valence-corrected chi connectivity index (χ2v) is 5.76. The van der Waals surface area contributed by atoms with Crippen molar-refractivity contribution in [2.75, 3.05) is 6.54 Å². The third kappa shape index (κ3) is 5.63. The quantitative estimate of drug-likeness (QED) is 0.461. The van der Waals surface area contributed by atoms with Crippen LogP contribution in [-0.2, 0) is 15.7 Å². The molecule has 1 N–H and O–H groups in total. The fourth-order valence-electron chi connectivity index (χ4n) is 2.21. The Labute approximate surface area is 157 Å².